The topological polar surface area (TPSA) is 86.2 Å². The first-order valence-corrected chi connectivity index (χ1v) is 13.2. The van der Waals surface area contributed by atoms with Crippen molar-refractivity contribution in [3.8, 4) is 17.6 Å². The van der Waals surface area contributed by atoms with Crippen LogP contribution >= 0.6 is 0 Å². The third-order valence-corrected chi connectivity index (χ3v) is 7.96. The van der Waals surface area contributed by atoms with Crippen molar-refractivity contribution in [1.29, 1.82) is 0 Å². The van der Waals surface area contributed by atoms with Crippen molar-refractivity contribution >= 4 is 10.0 Å². The summed E-state index contributed by atoms with van der Waals surface area (Å²) in [5.41, 5.74) is 1.64. The van der Waals surface area contributed by atoms with Gasteiger partial charge in [0.15, 0.2) is 0 Å². The molecule has 3 rings (SSSR count). The fraction of sp³-hybridized carbons (Fsp3) is 0.500. The zero-order chi connectivity index (χ0) is 25.6. The van der Waals surface area contributed by atoms with Crippen molar-refractivity contribution in [1.82, 2.24) is 19.1 Å². The molecule has 1 aromatic heterocycles. The maximum atomic E-state index is 13.6. The van der Waals surface area contributed by atoms with Gasteiger partial charge in [-0.15, -0.1) is 0 Å². The van der Waals surface area contributed by atoms with Gasteiger partial charge < -0.3 is 9.84 Å². The first kappa shape index (κ1) is 27.1. The monoisotopic (exact) mass is 500 g/mol. The van der Waals surface area contributed by atoms with Crippen LogP contribution in [-0.4, -0.2) is 92.1 Å². The Morgan fingerprint density at radius 2 is 2.03 bits per heavy atom. The molecule has 1 aromatic carbocycles. The maximum absolute atomic E-state index is 13.6. The first-order valence-electron chi connectivity index (χ1n) is 11.8. The lowest BCUT2D eigenvalue weighted by Crippen LogP contribution is -2.49. The average Bonchev–Trinajstić information content (AvgIpc) is 2.81. The second-order valence-electron chi connectivity index (χ2n) is 9.46. The number of rotatable bonds is 7. The molecule has 2 heterocycles. The van der Waals surface area contributed by atoms with Gasteiger partial charge in [0.25, 0.3) is 0 Å². The Balaban J connectivity index is 1.97. The van der Waals surface area contributed by atoms with Gasteiger partial charge in [-0.1, -0.05) is 24.8 Å². The molecule has 0 spiro atoms. The summed E-state index contributed by atoms with van der Waals surface area (Å²) in [6.45, 7) is 5.50. The van der Waals surface area contributed by atoms with Crippen LogP contribution in [0.1, 0.15) is 25.1 Å². The van der Waals surface area contributed by atoms with E-state index in [-0.39, 0.29) is 30.1 Å². The maximum Gasteiger partial charge on any atom is 0.247 e. The Morgan fingerprint density at radius 1 is 1.26 bits per heavy atom. The van der Waals surface area contributed by atoms with E-state index in [0.717, 1.165) is 5.69 Å². The Bertz CT molecular complexity index is 1140. The van der Waals surface area contributed by atoms with Gasteiger partial charge in [-0.3, -0.25) is 14.8 Å². The van der Waals surface area contributed by atoms with Crippen molar-refractivity contribution in [3.05, 3.63) is 53.9 Å². The molecule has 0 radical (unpaired) electrons. The molecule has 9 heteroatoms. The van der Waals surface area contributed by atoms with Gasteiger partial charge in [0, 0.05) is 43.4 Å². The van der Waals surface area contributed by atoms with Crippen LogP contribution in [0, 0.1) is 17.8 Å². The number of benzene rings is 1. The zero-order valence-corrected chi connectivity index (χ0v) is 22.0. The predicted molar refractivity (Wildman–Crippen MR) is 136 cm³/mol. The van der Waals surface area contributed by atoms with Crippen molar-refractivity contribution in [2.75, 3.05) is 47.4 Å². The highest BCUT2D eigenvalue weighted by molar-refractivity contribution is 7.89. The molecule has 0 saturated carbocycles. The van der Waals surface area contributed by atoms with Crippen LogP contribution < -0.4 is 4.74 Å². The number of likely N-dealkylation sites (N-methyl/N-ethyl adjacent to an activating group) is 1. The average molecular weight is 501 g/mol. The molecule has 0 amide bonds. The summed E-state index contributed by atoms with van der Waals surface area (Å²) in [6.07, 6.45) is 1.49. The van der Waals surface area contributed by atoms with Gasteiger partial charge in [0.2, 0.25) is 10.0 Å². The van der Waals surface area contributed by atoms with E-state index in [1.807, 2.05) is 51.2 Å². The van der Waals surface area contributed by atoms with Crippen LogP contribution in [0.15, 0.2) is 47.5 Å². The lowest BCUT2D eigenvalue weighted by molar-refractivity contribution is 0.0730. The highest BCUT2D eigenvalue weighted by Crippen LogP contribution is 2.34. The molecule has 0 fully saturated rings. The van der Waals surface area contributed by atoms with E-state index in [0.29, 0.717) is 30.9 Å². The predicted octanol–water partition coefficient (Wildman–Crippen LogP) is 1.90. The van der Waals surface area contributed by atoms with Crippen LogP contribution in [0.25, 0.3) is 0 Å². The standard InChI is InChI=1S/C26H36N4O4S/c1-20-16-30(21(2)19-31)35(32,33)26-12-11-22(9-8-14-28(3)4)15-24(26)34-25(20)18-29(5)17-23-10-6-7-13-27-23/h6-7,10-13,15,20-21,25,31H,14,16-19H2,1-5H3/t20-,21-,25+/m1/s1. The normalized spacial score (nSPS) is 20.8. The number of sulfonamides is 1. The summed E-state index contributed by atoms with van der Waals surface area (Å²) in [4.78, 5) is 8.59. The summed E-state index contributed by atoms with van der Waals surface area (Å²) < 4.78 is 35.0. The van der Waals surface area contributed by atoms with Gasteiger partial charge in [0.1, 0.15) is 16.7 Å². The Labute approximate surface area is 209 Å². The van der Waals surface area contributed by atoms with Gasteiger partial charge >= 0.3 is 0 Å². The Morgan fingerprint density at radius 3 is 2.69 bits per heavy atom. The van der Waals surface area contributed by atoms with Crippen LogP contribution in [-0.2, 0) is 16.6 Å². The van der Waals surface area contributed by atoms with Crippen LogP contribution in [0.4, 0.5) is 0 Å². The minimum absolute atomic E-state index is 0.0974. The summed E-state index contributed by atoms with van der Waals surface area (Å²) in [5, 5.41) is 9.80. The van der Waals surface area contributed by atoms with E-state index < -0.39 is 16.1 Å². The lowest BCUT2D eigenvalue weighted by atomic mass is 10.0. The summed E-state index contributed by atoms with van der Waals surface area (Å²) in [6, 6.07) is 10.2. The number of hydrogen-bond acceptors (Lipinski definition) is 7. The molecule has 1 aliphatic rings. The van der Waals surface area contributed by atoms with Gasteiger partial charge in [0.05, 0.1) is 18.8 Å². The van der Waals surface area contributed by atoms with Gasteiger partial charge in [-0.25, -0.2) is 8.42 Å². The molecule has 0 saturated heterocycles. The molecular formula is C26H36N4O4S. The van der Waals surface area contributed by atoms with E-state index in [9.17, 15) is 13.5 Å². The van der Waals surface area contributed by atoms with Gasteiger partial charge in [-0.2, -0.15) is 4.31 Å². The lowest BCUT2D eigenvalue weighted by Gasteiger charge is -2.37. The van der Waals surface area contributed by atoms with Crippen molar-refractivity contribution in [2.24, 2.45) is 5.92 Å². The minimum atomic E-state index is -3.87. The molecule has 1 N–H and O–H groups in total. The van der Waals surface area contributed by atoms with Crippen molar-refractivity contribution in [3.63, 3.8) is 0 Å². The minimum Gasteiger partial charge on any atom is -0.487 e. The second kappa shape index (κ2) is 12.0. The van der Waals surface area contributed by atoms with Gasteiger partial charge in [-0.05, 0) is 58.4 Å². The van der Waals surface area contributed by atoms with E-state index in [2.05, 4.69) is 21.7 Å². The van der Waals surface area contributed by atoms with E-state index >= 15 is 0 Å². The largest absolute Gasteiger partial charge is 0.487 e. The number of nitrogens with zero attached hydrogens (tertiary/aromatic N) is 4. The quantitative estimate of drug-likeness (QED) is 0.581. The van der Waals surface area contributed by atoms with Crippen molar-refractivity contribution in [2.45, 2.75) is 37.4 Å². The van der Waals surface area contributed by atoms with Crippen LogP contribution in [0.3, 0.4) is 0 Å². The highest BCUT2D eigenvalue weighted by atomic mass is 32.2. The number of hydrogen-bond donors (Lipinski definition) is 1. The summed E-state index contributed by atoms with van der Waals surface area (Å²) in [7, 11) is 2.01. The number of aliphatic hydroxyl groups is 1. The summed E-state index contributed by atoms with van der Waals surface area (Å²) in [5.74, 6) is 6.35. The van der Waals surface area contributed by atoms with Crippen LogP contribution in [0.2, 0.25) is 0 Å². The molecule has 35 heavy (non-hydrogen) atoms. The molecule has 190 valence electrons. The van der Waals surface area contributed by atoms with Crippen LogP contribution in [0.5, 0.6) is 5.75 Å². The van der Waals surface area contributed by atoms with E-state index in [4.69, 9.17) is 4.74 Å². The Hall–Kier alpha value is -2.48. The molecule has 0 bridgehead atoms. The third-order valence-electron chi connectivity index (χ3n) is 5.94. The number of aromatic nitrogens is 1. The molecule has 8 nitrogen and oxygen atoms in total. The van der Waals surface area contributed by atoms with E-state index in [1.54, 1.807) is 31.3 Å². The fourth-order valence-electron chi connectivity index (χ4n) is 3.96. The third kappa shape index (κ3) is 7.03. The number of pyridine rings is 1. The molecule has 1 aliphatic heterocycles. The highest BCUT2D eigenvalue weighted by Gasteiger charge is 2.38. The zero-order valence-electron chi connectivity index (χ0n) is 21.2. The number of ether oxygens (including phenoxy) is 1. The van der Waals surface area contributed by atoms with Crippen molar-refractivity contribution < 1.29 is 18.3 Å². The molecule has 0 unspecified atom stereocenters. The van der Waals surface area contributed by atoms with E-state index in [1.165, 1.54) is 4.31 Å². The Kier molecular flexibility index (Phi) is 9.27. The molecule has 3 atom stereocenters. The first-order chi connectivity index (χ1) is 16.6. The second-order valence-corrected chi connectivity index (χ2v) is 11.3. The molecular weight excluding hydrogens is 464 g/mol. The number of aliphatic hydroxyl groups excluding tert-OH is 1. The summed E-state index contributed by atoms with van der Waals surface area (Å²) >= 11 is 0. The smallest absolute Gasteiger partial charge is 0.247 e. The molecule has 0 aliphatic carbocycles. The SMILES string of the molecule is C[C@@H]1CN([C@H](C)CO)S(=O)(=O)c2ccc(C#CCN(C)C)cc2O[C@H]1CN(C)Cc1ccccn1. The molecule has 2 aromatic rings. The fourth-order valence-corrected chi connectivity index (χ4v) is 5.79. The number of fused-ring (bicyclic) bond motifs is 1.